The van der Waals surface area contributed by atoms with E-state index in [2.05, 4.69) is 65.8 Å². The van der Waals surface area contributed by atoms with Crippen molar-refractivity contribution < 1.29 is 9.90 Å². The average Bonchev–Trinajstić information content (AvgIpc) is 3.28. The highest BCUT2D eigenvalue weighted by Gasteiger charge is 2.19. The number of para-hydroxylation sites is 1. The quantitative estimate of drug-likeness (QED) is 0.214. The van der Waals surface area contributed by atoms with Crippen molar-refractivity contribution in [3.8, 4) is 22.8 Å². The maximum absolute atomic E-state index is 12.4. The van der Waals surface area contributed by atoms with Crippen LogP contribution in [0.15, 0.2) is 89.1 Å². The minimum absolute atomic E-state index is 0.0603. The lowest BCUT2D eigenvalue weighted by Crippen LogP contribution is -2.20. The molecule has 0 aliphatic rings. The van der Waals surface area contributed by atoms with Crippen molar-refractivity contribution in [1.82, 2.24) is 20.2 Å². The van der Waals surface area contributed by atoms with Gasteiger partial charge in [0.05, 0.1) is 12.0 Å². The number of carbonyl (C=O) groups excluding carboxylic acids is 1. The molecule has 0 unspecified atom stereocenters. The van der Waals surface area contributed by atoms with Crippen LogP contribution in [0.3, 0.4) is 0 Å². The molecular formula is C27H27N5O2S. The summed E-state index contributed by atoms with van der Waals surface area (Å²) in [6.07, 6.45) is 1.52. The normalized spacial score (nSPS) is 11.6. The van der Waals surface area contributed by atoms with Crippen LogP contribution in [0.25, 0.3) is 17.1 Å². The number of nitrogens with zero attached hydrogens (tertiary/aromatic N) is 4. The van der Waals surface area contributed by atoms with Crippen LogP contribution < -0.4 is 5.43 Å². The maximum atomic E-state index is 12.4. The van der Waals surface area contributed by atoms with Crippen molar-refractivity contribution in [2.24, 2.45) is 5.10 Å². The van der Waals surface area contributed by atoms with E-state index in [-0.39, 0.29) is 22.8 Å². The Bertz CT molecular complexity index is 1310. The van der Waals surface area contributed by atoms with Gasteiger partial charge in [0.25, 0.3) is 5.91 Å². The fraction of sp³-hybridized carbons (Fsp3) is 0.185. The molecule has 0 atom stereocenters. The van der Waals surface area contributed by atoms with E-state index in [1.165, 1.54) is 23.5 Å². The van der Waals surface area contributed by atoms with Gasteiger partial charge in [-0.05, 0) is 52.9 Å². The number of amides is 1. The van der Waals surface area contributed by atoms with Crippen molar-refractivity contribution in [3.05, 3.63) is 90.0 Å². The number of carbonyl (C=O) groups is 1. The highest BCUT2D eigenvalue weighted by atomic mass is 32.2. The molecule has 4 rings (SSSR count). The Labute approximate surface area is 208 Å². The number of hydrazone groups is 1. The summed E-state index contributed by atoms with van der Waals surface area (Å²) < 4.78 is 1.96. The first-order chi connectivity index (χ1) is 16.8. The molecule has 0 aliphatic heterocycles. The fourth-order valence-corrected chi connectivity index (χ4v) is 4.13. The standard InChI is InChI=1S/C27H27N5O2S/c1-27(2,3)21-13-11-20(12-14-21)25-30-31-26(32(25)22-7-5-4-6-8-22)35-18-24(34)29-28-17-19-9-15-23(33)16-10-19/h4-17,33H,18H2,1-3H3,(H,29,34). The SMILES string of the molecule is CC(C)(C)c1ccc(-c2nnc(SCC(=O)NN=Cc3ccc(O)cc3)n2-c2ccccc2)cc1. The van der Waals surface area contributed by atoms with E-state index in [9.17, 15) is 9.90 Å². The summed E-state index contributed by atoms with van der Waals surface area (Å²) in [4.78, 5) is 12.4. The molecule has 7 nitrogen and oxygen atoms in total. The van der Waals surface area contributed by atoms with Gasteiger partial charge in [-0.15, -0.1) is 10.2 Å². The van der Waals surface area contributed by atoms with E-state index in [1.54, 1.807) is 24.3 Å². The number of aromatic hydroxyl groups is 1. The minimum Gasteiger partial charge on any atom is -0.508 e. The highest BCUT2D eigenvalue weighted by Crippen LogP contribution is 2.30. The second-order valence-corrected chi connectivity index (χ2v) is 9.92. The second kappa shape index (κ2) is 10.6. The number of phenols is 1. The van der Waals surface area contributed by atoms with Crippen molar-refractivity contribution in [1.29, 1.82) is 0 Å². The number of hydrogen-bond donors (Lipinski definition) is 2. The van der Waals surface area contributed by atoms with Gasteiger partial charge in [-0.2, -0.15) is 5.10 Å². The minimum atomic E-state index is -0.260. The molecule has 0 radical (unpaired) electrons. The van der Waals surface area contributed by atoms with E-state index in [0.717, 1.165) is 16.8 Å². The lowest BCUT2D eigenvalue weighted by atomic mass is 9.87. The monoisotopic (exact) mass is 485 g/mol. The molecule has 0 spiro atoms. The van der Waals surface area contributed by atoms with Crippen molar-refractivity contribution >= 4 is 23.9 Å². The molecule has 1 amide bonds. The third kappa shape index (κ3) is 6.16. The molecule has 0 fully saturated rings. The van der Waals surface area contributed by atoms with E-state index < -0.39 is 0 Å². The van der Waals surface area contributed by atoms with Crippen molar-refractivity contribution in [2.75, 3.05) is 5.75 Å². The molecule has 0 saturated carbocycles. The van der Waals surface area contributed by atoms with E-state index >= 15 is 0 Å². The van der Waals surface area contributed by atoms with Crippen LogP contribution in [0, 0.1) is 0 Å². The first-order valence-corrected chi connectivity index (χ1v) is 12.2. The maximum Gasteiger partial charge on any atom is 0.250 e. The van der Waals surface area contributed by atoms with E-state index in [4.69, 9.17) is 0 Å². The van der Waals surface area contributed by atoms with Gasteiger partial charge in [0.2, 0.25) is 0 Å². The smallest absolute Gasteiger partial charge is 0.250 e. The van der Waals surface area contributed by atoms with Crippen molar-refractivity contribution in [3.63, 3.8) is 0 Å². The molecule has 0 saturated heterocycles. The number of aromatic nitrogens is 3. The molecule has 4 aromatic rings. The topological polar surface area (TPSA) is 92.4 Å². The molecule has 1 heterocycles. The number of hydrogen-bond acceptors (Lipinski definition) is 6. The van der Waals surface area contributed by atoms with Gasteiger partial charge in [0, 0.05) is 11.3 Å². The van der Waals surface area contributed by atoms with E-state index in [1.807, 2.05) is 34.9 Å². The Morgan fingerprint density at radius 1 is 1.00 bits per heavy atom. The highest BCUT2D eigenvalue weighted by molar-refractivity contribution is 7.99. The van der Waals surface area contributed by atoms with E-state index in [0.29, 0.717) is 11.0 Å². The lowest BCUT2D eigenvalue weighted by Gasteiger charge is -2.19. The van der Waals surface area contributed by atoms with Crippen LogP contribution in [0.1, 0.15) is 31.9 Å². The molecular weight excluding hydrogens is 458 g/mol. The van der Waals surface area contributed by atoms with Crippen LogP contribution in [0.4, 0.5) is 0 Å². The molecule has 0 aliphatic carbocycles. The largest absolute Gasteiger partial charge is 0.508 e. The van der Waals surface area contributed by atoms with Crippen LogP contribution in [-0.4, -0.2) is 37.7 Å². The lowest BCUT2D eigenvalue weighted by molar-refractivity contribution is -0.118. The zero-order valence-electron chi connectivity index (χ0n) is 19.8. The first kappa shape index (κ1) is 24.2. The zero-order valence-corrected chi connectivity index (χ0v) is 20.7. The van der Waals surface area contributed by atoms with Gasteiger partial charge in [0.1, 0.15) is 5.75 Å². The van der Waals surface area contributed by atoms with Gasteiger partial charge in [-0.1, -0.05) is 75.0 Å². The molecule has 3 aromatic carbocycles. The Morgan fingerprint density at radius 2 is 1.69 bits per heavy atom. The van der Waals surface area contributed by atoms with Crippen LogP contribution in [-0.2, 0) is 10.2 Å². The summed E-state index contributed by atoms with van der Waals surface area (Å²) in [5.41, 5.74) is 6.46. The molecule has 8 heteroatoms. The zero-order chi connectivity index (χ0) is 24.8. The van der Waals surface area contributed by atoms with Gasteiger partial charge < -0.3 is 5.11 Å². The van der Waals surface area contributed by atoms with Crippen LogP contribution >= 0.6 is 11.8 Å². The van der Waals surface area contributed by atoms with Crippen molar-refractivity contribution in [2.45, 2.75) is 31.3 Å². The summed E-state index contributed by atoms with van der Waals surface area (Å²) in [5, 5.41) is 22.8. The second-order valence-electron chi connectivity index (χ2n) is 8.98. The average molecular weight is 486 g/mol. The number of nitrogens with one attached hydrogen (secondary N) is 1. The van der Waals surface area contributed by atoms with Crippen LogP contribution in [0.2, 0.25) is 0 Å². The molecule has 35 heavy (non-hydrogen) atoms. The molecule has 2 N–H and O–H groups in total. The summed E-state index contributed by atoms with van der Waals surface area (Å²) in [6.45, 7) is 6.55. The number of rotatable bonds is 7. The third-order valence-electron chi connectivity index (χ3n) is 5.29. The van der Waals surface area contributed by atoms with Gasteiger partial charge >= 0.3 is 0 Å². The van der Waals surface area contributed by atoms with Gasteiger partial charge in [-0.25, -0.2) is 5.43 Å². The predicted molar refractivity (Wildman–Crippen MR) is 140 cm³/mol. The van der Waals surface area contributed by atoms with Gasteiger partial charge in [-0.3, -0.25) is 9.36 Å². The number of thioether (sulfide) groups is 1. The Kier molecular flexibility index (Phi) is 7.31. The third-order valence-corrected chi connectivity index (χ3v) is 6.21. The fourth-order valence-electron chi connectivity index (χ4n) is 3.38. The Balaban J connectivity index is 1.51. The Morgan fingerprint density at radius 3 is 2.34 bits per heavy atom. The summed E-state index contributed by atoms with van der Waals surface area (Å²) in [7, 11) is 0. The molecule has 0 bridgehead atoms. The molecule has 178 valence electrons. The van der Waals surface area contributed by atoms with Crippen LogP contribution in [0.5, 0.6) is 5.75 Å². The molecule has 1 aromatic heterocycles. The predicted octanol–water partition coefficient (Wildman–Crippen LogP) is 5.18. The van der Waals surface area contributed by atoms with Gasteiger partial charge in [0.15, 0.2) is 11.0 Å². The Hall–Kier alpha value is -3.91. The number of benzene rings is 3. The summed E-state index contributed by atoms with van der Waals surface area (Å²) in [5.74, 6) is 0.754. The summed E-state index contributed by atoms with van der Waals surface area (Å²) in [6, 6.07) is 24.7. The first-order valence-electron chi connectivity index (χ1n) is 11.2. The number of phenolic OH excluding ortho intramolecular Hbond substituents is 1. The summed E-state index contributed by atoms with van der Waals surface area (Å²) >= 11 is 1.29.